The van der Waals surface area contributed by atoms with Gasteiger partial charge in [0.2, 0.25) is 0 Å². The van der Waals surface area contributed by atoms with Gasteiger partial charge in [0, 0.05) is 12.0 Å². The maximum absolute atomic E-state index is 14.6. The van der Waals surface area contributed by atoms with Gasteiger partial charge < -0.3 is 9.94 Å². The summed E-state index contributed by atoms with van der Waals surface area (Å²) in [6, 6.07) is 21.5. The monoisotopic (exact) mass is 495 g/mol. The second kappa shape index (κ2) is 10.8. The van der Waals surface area contributed by atoms with Crippen LogP contribution in [0.5, 0.6) is 0 Å². The summed E-state index contributed by atoms with van der Waals surface area (Å²) in [7, 11) is 0. The van der Waals surface area contributed by atoms with Crippen LogP contribution in [0.1, 0.15) is 30.0 Å². The van der Waals surface area contributed by atoms with E-state index in [2.05, 4.69) is 10.3 Å². The summed E-state index contributed by atoms with van der Waals surface area (Å²) in [5, 5.41) is 19.7. The van der Waals surface area contributed by atoms with Crippen LogP contribution in [-0.2, 0) is 14.5 Å². The minimum atomic E-state index is -1.36. The van der Waals surface area contributed by atoms with Crippen molar-refractivity contribution in [2.24, 2.45) is 10.3 Å². The normalized spacial score (nSPS) is 18.5. The minimum absolute atomic E-state index is 0.0702. The molecule has 35 heavy (non-hydrogen) atoms. The van der Waals surface area contributed by atoms with Gasteiger partial charge >= 0.3 is 0 Å². The van der Waals surface area contributed by atoms with Crippen molar-refractivity contribution in [1.29, 1.82) is 0 Å². The third-order valence-electron chi connectivity index (χ3n) is 5.36. The van der Waals surface area contributed by atoms with Gasteiger partial charge in [-0.25, -0.2) is 13.8 Å². The van der Waals surface area contributed by atoms with E-state index >= 15 is 0 Å². The molecule has 0 saturated carbocycles. The Morgan fingerprint density at radius 2 is 1.83 bits per heavy atom. The Morgan fingerprint density at radius 3 is 2.51 bits per heavy atom. The van der Waals surface area contributed by atoms with Crippen LogP contribution < -0.4 is 0 Å². The van der Waals surface area contributed by atoms with E-state index in [1.807, 2.05) is 48.5 Å². The molecule has 0 radical (unpaired) electrons. The quantitative estimate of drug-likeness (QED) is 0.275. The van der Waals surface area contributed by atoms with Crippen LogP contribution >= 0.6 is 11.8 Å². The van der Waals surface area contributed by atoms with Crippen LogP contribution in [0.3, 0.4) is 0 Å². The van der Waals surface area contributed by atoms with Gasteiger partial charge in [0.25, 0.3) is 5.91 Å². The number of aliphatic hydroxyl groups is 1. The molecule has 3 aromatic carbocycles. The average Bonchev–Trinajstić information content (AvgIpc) is 3.26. The third-order valence-corrected chi connectivity index (χ3v) is 6.80. The number of aliphatic hydroxyl groups excluding tert-OH is 1. The van der Waals surface area contributed by atoms with Crippen LogP contribution in [-0.4, -0.2) is 40.0 Å². The van der Waals surface area contributed by atoms with E-state index in [1.165, 1.54) is 6.92 Å². The van der Waals surface area contributed by atoms with Crippen molar-refractivity contribution in [3.05, 3.63) is 107 Å². The molecule has 0 fully saturated rings. The summed E-state index contributed by atoms with van der Waals surface area (Å²) in [5.41, 5.74) is 1.48. The maximum Gasteiger partial charge on any atom is 0.272 e. The fourth-order valence-electron chi connectivity index (χ4n) is 3.62. The molecule has 2 atom stereocenters. The van der Waals surface area contributed by atoms with Crippen molar-refractivity contribution in [2.75, 3.05) is 6.61 Å². The number of amides is 1. The molecule has 0 aromatic heterocycles. The minimum Gasteiger partial charge on any atom is -0.396 e. The van der Waals surface area contributed by atoms with Gasteiger partial charge in [-0.1, -0.05) is 77.6 Å². The molecule has 0 spiro atoms. The Bertz CT molecular complexity index is 1240. The second-order valence-electron chi connectivity index (χ2n) is 7.84. The van der Waals surface area contributed by atoms with Gasteiger partial charge in [0.15, 0.2) is 0 Å². The number of thioether (sulfide) groups is 1. The summed E-state index contributed by atoms with van der Waals surface area (Å²) in [5.74, 6) is -1.98. The molecule has 1 heterocycles. The molecule has 180 valence electrons. The largest absolute Gasteiger partial charge is 0.396 e. The SMILES string of the molecule is C[C@H](O)C(=O)N1N=C(c2cc(F)ccc2F)SC1(CCON=Cc1ccccc1)c1ccccc1. The van der Waals surface area contributed by atoms with Gasteiger partial charge in [-0.3, -0.25) is 4.79 Å². The Hall–Kier alpha value is -3.56. The summed E-state index contributed by atoms with van der Waals surface area (Å²) < 4.78 is 28.6. The lowest BCUT2D eigenvalue weighted by Crippen LogP contribution is -2.45. The molecule has 0 saturated heterocycles. The van der Waals surface area contributed by atoms with Crippen LogP contribution in [0.15, 0.2) is 89.1 Å². The number of nitrogens with zero attached hydrogens (tertiary/aromatic N) is 3. The Kier molecular flexibility index (Phi) is 7.57. The zero-order chi connectivity index (χ0) is 24.8. The van der Waals surface area contributed by atoms with E-state index in [9.17, 15) is 18.7 Å². The number of carbonyl (C=O) groups excluding carboxylic acids is 1. The van der Waals surface area contributed by atoms with E-state index in [0.717, 1.165) is 40.5 Å². The maximum atomic E-state index is 14.6. The van der Waals surface area contributed by atoms with Crippen molar-refractivity contribution < 1.29 is 23.5 Å². The Labute approximate surface area is 205 Å². The highest BCUT2D eigenvalue weighted by Gasteiger charge is 2.49. The standard InChI is InChI=1S/C26H23F2N3O3S/c1-18(32)25(33)31-26(20-10-6-3-7-11-20,14-15-34-29-17-19-8-4-2-5-9-19)35-24(30-31)22-16-21(27)12-13-23(22)28/h2-13,16-18,32H,14-15H2,1H3/t18-,26?/m0/s1. The van der Waals surface area contributed by atoms with Crippen molar-refractivity contribution in [1.82, 2.24) is 5.01 Å². The summed E-state index contributed by atoms with van der Waals surface area (Å²) in [6.07, 6.45) is 0.409. The molecule has 1 amide bonds. The van der Waals surface area contributed by atoms with Crippen LogP contribution in [0.4, 0.5) is 8.78 Å². The number of oxime groups is 1. The highest BCUT2D eigenvalue weighted by molar-refractivity contribution is 8.15. The molecular formula is C26H23F2N3O3S. The van der Waals surface area contributed by atoms with Gasteiger partial charge in [0.1, 0.15) is 34.3 Å². The lowest BCUT2D eigenvalue weighted by atomic mass is 10.0. The molecule has 1 unspecified atom stereocenters. The van der Waals surface area contributed by atoms with E-state index in [4.69, 9.17) is 4.84 Å². The van der Waals surface area contributed by atoms with Gasteiger partial charge in [-0.05, 0) is 36.2 Å². The molecule has 6 nitrogen and oxygen atoms in total. The number of carbonyl (C=O) groups is 1. The molecule has 9 heteroatoms. The van der Waals surface area contributed by atoms with Crippen molar-refractivity contribution in [2.45, 2.75) is 24.3 Å². The van der Waals surface area contributed by atoms with E-state index in [1.54, 1.807) is 18.3 Å². The first kappa shape index (κ1) is 24.6. The molecular weight excluding hydrogens is 472 g/mol. The zero-order valence-corrected chi connectivity index (χ0v) is 19.7. The van der Waals surface area contributed by atoms with Crippen LogP contribution in [0.2, 0.25) is 0 Å². The fraction of sp³-hybridized carbons (Fsp3) is 0.192. The van der Waals surface area contributed by atoms with E-state index in [-0.39, 0.29) is 23.6 Å². The molecule has 0 bridgehead atoms. The van der Waals surface area contributed by atoms with E-state index in [0.29, 0.717) is 5.56 Å². The zero-order valence-electron chi connectivity index (χ0n) is 18.8. The number of rotatable bonds is 8. The second-order valence-corrected chi connectivity index (χ2v) is 9.10. The predicted octanol–water partition coefficient (Wildman–Crippen LogP) is 4.88. The highest BCUT2D eigenvalue weighted by atomic mass is 32.2. The van der Waals surface area contributed by atoms with Crippen molar-refractivity contribution >= 4 is 28.9 Å². The van der Waals surface area contributed by atoms with E-state index < -0.39 is 28.5 Å². The topological polar surface area (TPSA) is 74.5 Å². The summed E-state index contributed by atoms with van der Waals surface area (Å²) in [4.78, 5) is 17.4. The smallest absolute Gasteiger partial charge is 0.272 e. The number of benzene rings is 3. The number of hydrogen-bond donors (Lipinski definition) is 1. The third kappa shape index (κ3) is 5.41. The lowest BCUT2D eigenvalue weighted by Gasteiger charge is -2.36. The predicted molar refractivity (Wildman–Crippen MR) is 132 cm³/mol. The number of halogens is 2. The number of hydrogen-bond acceptors (Lipinski definition) is 6. The number of hydrazone groups is 1. The molecule has 4 rings (SSSR count). The first-order valence-electron chi connectivity index (χ1n) is 10.9. The lowest BCUT2D eigenvalue weighted by molar-refractivity contribution is -0.143. The molecule has 3 aromatic rings. The van der Waals surface area contributed by atoms with Crippen LogP contribution in [0, 0.1) is 11.6 Å². The molecule has 1 N–H and O–H groups in total. The van der Waals surface area contributed by atoms with Gasteiger partial charge in [0.05, 0.1) is 6.21 Å². The first-order valence-corrected chi connectivity index (χ1v) is 11.7. The Morgan fingerprint density at radius 1 is 1.14 bits per heavy atom. The molecule has 1 aliphatic rings. The summed E-state index contributed by atoms with van der Waals surface area (Å²) >= 11 is 1.10. The Balaban J connectivity index is 1.67. The highest BCUT2D eigenvalue weighted by Crippen LogP contribution is 2.50. The summed E-state index contributed by atoms with van der Waals surface area (Å²) in [6.45, 7) is 1.42. The van der Waals surface area contributed by atoms with Crippen molar-refractivity contribution in [3.63, 3.8) is 0 Å². The fourth-order valence-corrected chi connectivity index (χ4v) is 4.99. The molecule has 1 aliphatic heterocycles. The average molecular weight is 496 g/mol. The first-order chi connectivity index (χ1) is 16.9. The van der Waals surface area contributed by atoms with Crippen LogP contribution in [0.25, 0.3) is 0 Å². The molecule has 0 aliphatic carbocycles. The van der Waals surface area contributed by atoms with Gasteiger partial charge in [-0.2, -0.15) is 5.10 Å². The van der Waals surface area contributed by atoms with Gasteiger partial charge in [-0.15, -0.1) is 0 Å². The van der Waals surface area contributed by atoms with Crippen molar-refractivity contribution in [3.8, 4) is 0 Å².